The molecule has 0 saturated carbocycles. The van der Waals surface area contributed by atoms with E-state index in [9.17, 15) is 9.59 Å². The average Bonchev–Trinajstić information content (AvgIpc) is 2.48. The molecule has 1 aliphatic rings. The lowest BCUT2D eigenvalue weighted by Crippen LogP contribution is -2.50. The van der Waals surface area contributed by atoms with E-state index in [0.717, 1.165) is 0 Å². The first-order valence-electron chi connectivity index (χ1n) is 10.9. The van der Waals surface area contributed by atoms with Gasteiger partial charge in [0.1, 0.15) is 0 Å². The lowest BCUT2D eigenvalue weighted by atomic mass is 10.1. The molecule has 1 aliphatic heterocycles. The number of piperazine rings is 1. The van der Waals surface area contributed by atoms with E-state index in [1.54, 1.807) is 13.8 Å². The zero-order valence-electron chi connectivity index (χ0n) is 20.5. The summed E-state index contributed by atoms with van der Waals surface area (Å²) in [5.41, 5.74) is 5.37. The van der Waals surface area contributed by atoms with E-state index in [4.69, 9.17) is 16.7 Å². The molecule has 1 rings (SSSR count). The van der Waals surface area contributed by atoms with Crippen LogP contribution in [0.4, 0.5) is 0 Å². The topological polar surface area (TPSA) is 66.6 Å². The van der Waals surface area contributed by atoms with E-state index < -0.39 is 37.8 Å². The molecule has 6 heteroatoms. The Bertz CT molecular complexity index is 576. The number of unbranched alkanes of at least 4 members (excludes halogenated alkanes) is 2. The number of hydrogen-bond acceptors (Lipinski definition) is 3. The number of nitrogens with two attached hydrogens (primary N) is 1. The fourth-order valence-corrected chi connectivity index (χ4v) is 1.65. The molecule has 0 aromatic rings. The second-order valence-corrected chi connectivity index (χ2v) is 5.10. The highest BCUT2D eigenvalue weighted by Crippen LogP contribution is 2.10. The van der Waals surface area contributed by atoms with Gasteiger partial charge in [0.05, 0.1) is 11.0 Å². The summed E-state index contributed by atoms with van der Waals surface area (Å²) >= 11 is 0. The van der Waals surface area contributed by atoms with Crippen molar-refractivity contribution >= 4 is 28.8 Å². The molecule has 0 aliphatic carbocycles. The van der Waals surface area contributed by atoms with Crippen molar-refractivity contribution in [3.05, 3.63) is 0 Å². The number of carbonyl (C=O) groups excluding carboxylic acids is 2. The molecule has 0 atom stereocenters. The first-order valence-corrected chi connectivity index (χ1v) is 6.93. The van der Waals surface area contributed by atoms with Crippen LogP contribution in [0.2, 0.25) is 0 Å². The highest BCUT2D eigenvalue weighted by molar-refractivity contribution is 8.93. The van der Waals surface area contributed by atoms with Gasteiger partial charge in [-0.15, -0.1) is 17.0 Å². The van der Waals surface area contributed by atoms with Gasteiger partial charge in [0.25, 0.3) is 0 Å². The first kappa shape index (κ1) is 10.2. The van der Waals surface area contributed by atoms with Crippen LogP contribution in [0.5, 0.6) is 0 Å². The van der Waals surface area contributed by atoms with Crippen molar-refractivity contribution in [1.29, 1.82) is 0 Å². The smallest absolute Gasteiger partial charge is 0.222 e. The monoisotopic (exact) mass is 371 g/mol. The standard InChI is InChI=1S/C15H29N3O2.BrH/c1-13(2)12-15(20)18-10-8-17(9-11-18)14(19)6-4-3-5-7-16;/h13H,3-12,16H2,1-2H3;1H/i8D2,9D2,10D2,11D2;. The molecule has 0 aromatic heterocycles. The Morgan fingerprint density at radius 1 is 1.05 bits per heavy atom. The van der Waals surface area contributed by atoms with Crippen LogP contribution in [0.3, 0.4) is 0 Å². The van der Waals surface area contributed by atoms with Crippen LogP contribution in [-0.4, -0.2) is 54.1 Å². The maximum Gasteiger partial charge on any atom is 0.222 e. The first-order chi connectivity index (χ1) is 12.6. The summed E-state index contributed by atoms with van der Waals surface area (Å²) in [6.45, 7) is -9.42. The molecule has 21 heavy (non-hydrogen) atoms. The molecule has 0 aromatic carbocycles. The molecular weight excluding hydrogens is 334 g/mol. The molecule has 0 radical (unpaired) electrons. The predicted molar refractivity (Wildman–Crippen MR) is 90.5 cm³/mol. The van der Waals surface area contributed by atoms with E-state index in [1.165, 1.54) is 0 Å². The lowest BCUT2D eigenvalue weighted by Gasteiger charge is -2.35. The fourth-order valence-electron chi connectivity index (χ4n) is 1.65. The van der Waals surface area contributed by atoms with Gasteiger partial charge in [-0.3, -0.25) is 9.59 Å². The fraction of sp³-hybridized carbons (Fsp3) is 0.867. The van der Waals surface area contributed by atoms with Crippen LogP contribution in [0.15, 0.2) is 0 Å². The normalized spacial score (nSPS) is 30.3. The van der Waals surface area contributed by atoms with E-state index in [1.807, 2.05) is 0 Å². The van der Waals surface area contributed by atoms with Crippen LogP contribution in [0.25, 0.3) is 0 Å². The Balaban J connectivity index is 0.00000784. The van der Waals surface area contributed by atoms with E-state index in [-0.39, 0.29) is 52.0 Å². The molecule has 1 fully saturated rings. The van der Waals surface area contributed by atoms with Gasteiger partial charge in [-0.25, -0.2) is 0 Å². The minimum atomic E-state index is -3.28. The van der Waals surface area contributed by atoms with Crippen molar-refractivity contribution in [2.75, 3.05) is 32.5 Å². The maximum absolute atomic E-state index is 12.6. The van der Waals surface area contributed by atoms with Crippen molar-refractivity contribution in [3.8, 4) is 0 Å². The molecule has 0 spiro atoms. The summed E-state index contributed by atoms with van der Waals surface area (Å²) in [7, 11) is 0. The summed E-state index contributed by atoms with van der Waals surface area (Å²) in [4.78, 5) is 25.1. The molecule has 0 unspecified atom stereocenters. The van der Waals surface area contributed by atoms with Crippen molar-refractivity contribution in [3.63, 3.8) is 0 Å². The largest absolute Gasteiger partial charge is 0.339 e. The number of nitrogens with zero attached hydrogens (tertiary/aromatic N) is 2. The van der Waals surface area contributed by atoms with Gasteiger partial charge in [-0.1, -0.05) is 20.3 Å². The van der Waals surface area contributed by atoms with Crippen molar-refractivity contribution in [2.24, 2.45) is 11.7 Å². The number of amides is 2. The Labute approximate surface area is 150 Å². The lowest BCUT2D eigenvalue weighted by molar-refractivity contribution is -0.140. The average molecular weight is 372 g/mol. The number of carbonyl (C=O) groups is 2. The number of hydrogen-bond donors (Lipinski definition) is 1. The maximum atomic E-state index is 12.6. The van der Waals surface area contributed by atoms with Gasteiger partial charge in [0.15, 0.2) is 0 Å². The second kappa shape index (κ2) is 11.0. The van der Waals surface area contributed by atoms with Crippen LogP contribution in [-0.2, 0) is 9.59 Å². The number of rotatable bonds is 7. The van der Waals surface area contributed by atoms with Gasteiger partial charge in [0, 0.05) is 38.8 Å². The molecule has 2 amide bonds. The Kier molecular flexibility index (Phi) is 5.36. The summed E-state index contributed by atoms with van der Waals surface area (Å²) in [5, 5.41) is 0. The zero-order valence-corrected chi connectivity index (χ0v) is 14.2. The van der Waals surface area contributed by atoms with Crippen molar-refractivity contribution in [1.82, 2.24) is 9.80 Å². The summed E-state index contributed by atoms with van der Waals surface area (Å²) in [6, 6.07) is 0. The predicted octanol–water partition coefficient (Wildman–Crippen LogP) is 1.80. The van der Waals surface area contributed by atoms with E-state index in [0.29, 0.717) is 19.4 Å². The molecule has 5 nitrogen and oxygen atoms in total. The summed E-state index contributed by atoms with van der Waals surface area (Å²) in [6.07, 6.45) is 0.858. The molecule has 1 heterocycles. The van der Waals surface area contributed by atoms with Crippen LogP contribution in [0, 0.1) is 5.92 Å². The third-order valence-corrected chi connectivity index (χ3v) is 2.72. The Hall–Kier alpha value is -0.620. The van der Waals surface area contributed by atoms with Crippen LogP contribution < -0.4 is 5.73 Å². The summed E-state index contributed by atoms with van der Waals surface area (Å²) < 4.78 is 65.1. The minimum Gasteiger partial charge on any atom is -0.339 e. The van der Waals surface area contributed by atoms with Gasteiger partial charge < -0.3 is 15.5 Å². The van der Waals surface area contributed by atoms with Gasteiger partial charge >= 0.3 is 0 Å². The minimum absolute atomic E-state index is 0. The van der Waals surface area contributed by atoms with Crippen LogP contribution >= 0.6 is 17.0 Å². The van der Waals surface area contributed by atoms with Crippen LogP contribution in [0.1, 0.15) is 56.9 Å². The quantitative estimate of drug-likeness (QED) is 0.693. The molecular formula is C15H30BrN3O2. The Morgan fingerprint density at radius 2 is 1.57 bits per heavy atom. The Morgan fingerprint density at radius 3 is 2.05 bits per heavy atom. The molecule has 1 saturated heterocycles. The molecule has 2 N–H and O–H groups in total. The summed E-state index contributed by atoms with van der Waals surface area (Å²) in [5.74, 6) is -2.40. The molecule has 124 valence electrons. The SMILES string of the molecule is Br.[2H]C1([2H])N(C(=O)CCCCCN)C([2H])([2H])C([2H])([2H])N(C(=O)CC(C)C)C1([2H])[2H]. The third kappa shape index (κ3) is 7.81. The zero-order chi connectivity index (χ0) is 22.1. The highest BCUT2D eigenvalue weighted by atomic mass is 79.9. The van der Waals surface area contributed by atoms with E-state index >= 15 is 0 Å². The van der Waals surface area contributed by atoms with E-state index in [2.05, 4.69) is 0 Å². The third-order valence-electron chi connectivity index (χ3n) is 2.72. The highest BCUT2D eigenvalue weighted by Gasteiger charge is 2.23. The molecule has 0 bridgehead atoms. The number of halogens is 1. The van der Waals surface area contributed by atoms with Gasteiger partial charge in [0.2, 0.25) is 11.8 Å². The van der Waals surface area contributed by atoms with Crippen molar-refractivity contribution in [2.45, 2.75) is 46.0 Å². The van der Waals surface area contributed by atoms with Crippen molar-refractivity contribution < 1.29 is 20.6 Å². The second-order valence-electron chi connectivity index (χ2n) is 5.10. The van der Waals surface area contributed by atoms with Gasteiger partial charge in [-0.2, -0.15) is 0 Å². The van der Waals surface area contributed by atoms with Gasteiger partial charge in [-0.05, 0) is 25.3 Å².